The zero-order chi connectivity index (χ0) is 37.7. The van der Waals surface area contributed by atoms with Crippen molar-refractivity contribution in [3.05, 3.63) is 53.1 Å². The van der Waals surface area contributed by atoms with Gasteiger partial charge in [0.25, 0.3) is 0 Å². The summed E-state index contributed by atoms with van der Waals surface area (Å²) in [5, 5.41) is 14.3. The van der Waals surface area contributed by atoms with Crippen molar-refractivity contribution in [2.24, 2.45) is 5.41 Å². The lowest BCUT2D eigenvalue weighted by Gasteiger charge is -2.31. The maximum atomic E-state index is 13.9. The molecular formula is C39H54N2O11. The number of fused-ring (bicyclic) bond motifs is 1. The fourth-order valence-corrected chi connectivity index (χ4v) is 6.56. The molecule has 13 nitrogen and oxygen atoms in total. The molecule has 0 spiro atoms. The molecule has 3 aliphatic rings. The van der Waals surface area contributed by atoms with Crippen LogP contribution in [0, 0.1) is 5.41 Å². The number of carbonyl (C=O) groups is 5. The highest BCUT2D eigenvalue weighted by Crippen LogP contribution is 2.43. The summed E-state index contributed by atoms with van der Waals surface area (Å²) in [7, 11) is 0. The maximum absolute atomic E-state index is 13.9. The molecule has 13 heteroatoms. The van der Waals surface area contributed by atoms with E-state index in [0.29, 0.717) is 24.0 Å². The molecule has 2 amide bonds. The highest BCUT2D eigenvalue weighted by Gasteiger charge is 2.52. The van der Waals surface area contributed by atoms with Crippen molar-refractivity contribution in [3.8, 4) is 0 Å². The van der Waals surface area contributed by atoms with Gasteiger partial charge < -0.3 is 39.4 Å². The van der Waals surface area contributed by atoms with Crippen molar-refractivity contribution in [3.63, 3.8) is 0 Å². The second kappa shape index (κ2) is 19.1. The van der Waals surface area contributed by atoms with Gasteiger partial charge in [0, 0.05) is 55.8 Å². The van der Waals surface area contributed by atoms with Crippen LogP contribution in [0.25, 0.3) is 6.08 Å². The number of amides is 2. The van der Waals surface area contributed by atoms with Crippen LogP contribution in [0.4, 0.5) is 0 Å². The van der Waals surface area contributed by atoms with E-state index >= 15 is 0 Å². The van der Waals surface area contributed by atoms with Gasteiger partial charge in [0.15, 0.2) is 5.79 Å². The highest BCUT2D eigenvalue weighted by atomic mass is 16.8. The molecule has 1 aromatic carbocycles. The van der Waals surface area contributed by atoms with Crippen molar-refractivity contribution in [1.82, 2.24) is 10.6 Å². The molecule has 4 rings (SSSR count). The first-order valence-electron chi connectivity index (χ1n) is 18.5. The van der Waals surface area contributed by atoms with Crippen molar-refractivity contribution >= 4 is 35.8 Å². The first-order valence-corrected chi connectivity index (χ1v) is 18.5. The number of carbonyl (C=O) groups excluding carboxylic acids is 5. The lowest BCUT2D eigenvalue weighted by molar-refractivity contribution is -0.190. The molecule has 0 radical (unpaired) electrons. The SMILES string of the molecule is CCCCCC1(CCCCC)OC2C=C(C(=O)NCCC(=O)NCCO)CC(OC(=O)c3ccccc3C=CC(=O)OC3C(=O)OCC3(C)C)C2O1. The third-order valence-electron chi connectivity index (χ3n) is 9.45. The van der Waals surface area contributed by atoms with Crippen LogP contribution >= 0.6 is 0 Å². The summed E-state index contributed by atoms with van der Waals surface area (Å²) in [6.45, 7) is 7.94. The number of rotatable bonds is 19. The summed E-state index contributed by atoms with van der Waals surface area (Å²) in [5.41, 5.74) is 0.236. The molecule has 52 heavy (non-hydrogen) atoms. The Morgan fingerprint density at radius 2 is 1.67 bits per heavy atom. The molecular weight excluding hydrogens is 672 g/mol. The number of nitrogens with one attached hydrogen (secondary N) is 2. The molecule has 2 aliphatic heterocycles. The number of hydrogen-bond acceptors (Lipinski definition) is 11. The van der Waals surface area contributed by atoms with Crippen LogP contribution in [0.2, 0.25) is 0 Å². The second-order valence-corrected chi connectivity index (χ2v) is 14.2. The third-order valence-corrected chi connectivity index (χ3v) is 9.45. The molecule has 3 N–H and O–H groups in total. The fraction of sp³-hybridized carbons (Fsp3) is 0.615. The predicted octanol–water partition coefficient (Wildman–Crippen LogP) is 4.31. The van der Waals surface area contributed by atoms with E-state index in [1.54, 1.807) is 44.2 Å². The number of esters is 3. The van der Waals surface area contributed by atoms with E-state index in [2.05, 4.69) is 24.5 Å². The van der Waals surface area contributed by atoms with Gasteiger partial charge in [0.05, 0.1) is 12.2 Å². The zero-order valence-electron chi connectivity index (χ0n) is 30.8. The number of aliphatic hydroxyl groups is 1. The fourth-order valence-electron chi connectivity index (χ4n) is 6.56. The molecule has 286 valence electrons. The number of unbranched alkanes of at least 4 members (excludes halogenated alkanes) is 4. The number of cyclic esters (lactones) is 1. The molecule has 0 bridgehead atoms. The van der Waals surface area contributed by atoms with Crippen LogP contribution in [0.5, 0.6) is 0 Å². The van der Waals surface area contributed by atoms with E-state index in [4.69, 9.17) is 28.8 Å². The summed E-state index contributed by atoms with van der Waals surface area (Å²) in [6.07, 6.45) is 8.32. The Bertz CT molecular complexity index is 1480. The van der Waals surface area contributed by atoms with E-state index in [-0.39, 0.29) is 50.6 Å². The molecule has 2 fully saturated rings. The summed E-state index contributed by atoms with van der Waals surface area (Å²) in [5.74, 6) is -3.66. The topological polar surface area (TPSA) is 176 Å². The second-order valence-electron chi connectivity index (χ2n) is 14.2. The Hall–Kier alpha value is -4.07. The van der Waals surface area contributed by atoms with Crippen LogP contribution in [-0.2, 0) is 42.9 Å². The maximum Gasteiger partial charge on any atom is 0.348 e. The van der Waals surface area contributed by atoms with Gasteiger partial charge in [-0.1, -0.05) is 71.6 Å². The minimum Gasteiger partial charge on any atom is -0.462 e. The van der Waals surface area contributed by atoms with Crippen LogP contribution in [0.3, 0.4) is 0 Å². The number of aliphatic hydroxyl groups excluding tert-OH is 1. The van der Waals surface area contributed by atoms with Gasteiger partial charge in [-0.15, -0.1) is 0 Å². The number of hydrogen-bond donors (Lipinski definition) is 3. The van der Waals surface area contributed by atoms with Crippen molar-refractivity contribution in [1.29, 1.82) is 0 Å². The molecule has 4 atom stereocenters. The van der Waals surface area contributed by atoms with E-state index in [9.17, 15) is 24.0 Å². The molecule has 1 aliphatic carbocycles. The molecule has 1 aromatic rings. The van der Waals surface area contributed by atoms with Crippen LogP contribution in [0.1, 0.15) is 108 Å². The Morgan fingerprint density at radius 1 is 0.962 bits per heavy atom. The summed E-state index contributed by atoms with van der Waals surface area (Å²) >= 11 is 0. The quantitative estimate of drug-likeness (QED) is 0.0802. The Balaban J connectivity index is 1.53. The van der Waals surface area contributed by atoms with Gasteiger partial charge >= 0.3 is 17.9 Å². The lowest BCUT2D eigenvalue weighted by Crippen LogP contribution is -2.44. The Kier molecular flexibility index (Phi) is 15.0. The van der Waals surface area contributed by atoms with Crippen molar-refractivity contribution in [2.45, 2.75) is 122 Å². The summed E-state index contributed by atoms with van der Waals surface area (Å²) < 4.78 is 29.9. The van der Waals surface area contributed by atoms with Gasteiger partial charge in [-0.25, -0.2) is 14.4 Å². The van der Waals surface area contributed by atoms with Crippen LogP contribution in [-0.4, -0.2) is 91.3 Å². The minimum atomic E-state index is -1.04. The molecule has 2 heterocycles. The van der Waals surface area contributed by atoms with E-state index < -0.39 is 59.4 Å². The third kappa shape index (κ3) is 11.0. The summed E-state index contributed by atoms with van der Waals surface area (Å²) in [4.78, 5) is 64.0. The standard InChI is InChI=1S/C39H54N2O11/c1-5-7-11-18-39(19-12-8-6-2)51-30-24-27(35(45)41-20-17-31(43)40-21-22-42)23-29(33(30)52-39)49-36(46)28-14-10-9-13-26(28)15-16-32(44)50-34-37(47)48-25-38(34,3)4/h9-10,13-16,24,29-30,33-34,42H,5-8,11-12,17-23,25H2,1-4H3,(H,40,43)(H,41,45). The molecule has 0 aromatic heterocycles. The smallest absolute Gasteiger partial charge is 0.348 e. The van der Waals surface area contributed by atoms with Gasteiger partial charge in [-0.05, 0) is 36.6 Å². The van der Waals surface area contributed by atoms with Crippen LogP contribution in [0.15, 0.2) is 42.0 Å². The largest absolute Gasteiger partial charge is 0.462 e. The minimum absolute atomic E-state index is 0.0292. The average molecular weight is 727 g/mol. The first-order chi connectivity index (χ1) is 24.9. The number of ether oxygens (including phenoxy) is 5. The van der Waals surface area contributed by atoms with Gasteiger partial charge in [-0.3, -0.25) is 9.59 Å². The van der Waals surface area contributed by atoms with Gasteiger partial charge in [-0.2, -0.15) is 0 Å². The van der Waals surface area contributed by atoms with Gasteiger partial charge in [0.2, 0.25) is 17.9 Å². The normalized spacial score (nSPS) is 23.0. The van der Waals surface area contributed by atoms with E-state index in [0.717, 1.165) is 44.6 Å². The Labute approximate surface area is 305 Å². The zero-order valence-corrected chi connectivity index (χ0v) is 30.8. The Morgan fingerprint density at radius 3 is 2.33 bits per heavy atom. The average Bonchev–Trinajstić information content (AvgIpc) is 3.62. The molecule has 2 saturated heterocycles. The van der Waals surface area contributed by atoms with Crippen LogP contribution < -0.4 is 10.6 Å². The van der Waals surface area contributed by atoms with E-state index in [1.165, 1.54) is 6.08 Å². The predicted molar refractivity (Wildman–Crippen MR) is 190 cm³/mol. The molecule has 0 saturated carbocycles. The van der Waals surface area contributed by atoms with Crippen molar-refractivity contribution in [2.75, 3.05) is 26.3 Å². The monoisotopic (exact) mass is 726 g/mol. The summed E-state index contributed by atoms with van der Waals surface area (Å²) in [6, 6.07) is 6.60. The highest BCUT2D eigenvalue weighted by molar-refractivity contribution is 5.97. The lowest BCUT2D eigenvalue weighted by atomic mass is 9.90. The van der Waals surface area contributed by atoms with Crippen molar-refractivity contribution < 1.29 is 52.8 Å². The van der Waals surface area contributed by atoms with E-state index in [1.807, 2.05) is 0 Å². The first kappa shape index (κ1) is 40.7. The number of benzene rings is 1. The molecule has 4 unspecified atom stereocenters. The van der Waals surface area contributed by atoms with Gasteiger partial charge in [0.1, 0.15) is 24.9 Å².